The average molecular weight is 339 g/mol. The maximum absolute atomic E-state index is 12.4. The number of likely N-dealkylation sites (N-methyl/N-ethyl adjacent to an activating group) is 1. The highest BCUT2D eigenvalue weighted by molar-refractivity contribution is 6.03. The number of hydrogen-bond donors (Lipinski definition) is 2. The Morgan fingerprint density at radius 3 is 2.20 bits per heavy atom. The van der Waals surface area contributed by atoms with Gasteiger partial charge in [-0.2, -0.15) is 0 Å². The minimum Gasteiger partial charge on any atom is -0.455 e. The van der Waals surface area contributed by atoms with Gasteiger partial charge in [-0.1, -0.05) is 48.5 Å². The van der Waals surface area contributed by atoms with E-state index in [9.17, 15) is 9.59 Å². The molecule has 0 saturated heterocycles. The number of carbonyl (C=O) groups is 2. The van der Waals surface area contributed by atoms with Gasteiger partial charge >= 0.3 is 5.97 Å². The van der Waals surface area contributed by atoms with Crippen molar-refractivity contribution in [2.75, 3.05) is 27.2 Å². The fraction of sp³-hybridized carbons (Fsp3) is 0.200. The quantitative estimate of drug-likeness (QED) is 0.588. The third-order valence-corrected chi connectivity index (χ3v) is 3.45. The maximum atomic E-state index is 12.4. The molecule has 0 aromatic heterocycles. The summed E-state index contributed by atoms with van der Waals surface area (Å²) in [7, 11) is 3.96. The lowest BCUT2D eigenvalue weighted by atomic mass is 10.1. The Bertz CT molecular complexity index is 725. The maximum Gasteiger partial charge on any atom is 0.355 e. The lowest BCUT2D eigenvalue weighted by Crippen LogP contribution is -3.06. The van der Waals surface area contributed by atoms with Crippen LogP contribution in [0.4, 0.5) is 0 Å². The molecule has 0 radical (unpaired) electrons. The number of hydrogen-bond acceptors (Lipinski definition) is 3. The molecular weight excluding hydrogens is 316 g/mol. The van der Waals surface area contributed by atoms with Crippen LogP contribution in [0.3, 0.4) is 0 Å². The van der Waals surface area contributed by atoms with E-state index < -0.39 is 5.97 Å². The van der Waals surface area contributed by atoms with Crippen LogP contribution < -0.4 is 10.2 Å². The van der Waals surface area contributed by atoms with Crippen LogP contribution in [-0.2, 0) is 9.53 Å². The number of rotatable bonds is 7. The first kappa shape index (κ1) is 18.4. The van der Waals surface area contributed by atoms with Gasteiger partial charge in [-0.25, -0.2) is 4.79 Å². The number of quaternary nitrogens is 1. The predicted octanol–water partition coefficient (Wildman–Crippen LogP) is 1.15. The highest BCUT2D eigenvalue weighted by Gasteiger charge is 2.16. The van der Waals surface area contributed by atoms with Crippen LogP contribution in [0.5, 0.6) is 0 Å². The first-order valence-corrected chi connectivity index (χ1v) is 8.15. The first-order valence-electron chi connectivity index (χ1n) is 8.15. The van der Waals surface area contributed by atoms with E-state index in [1.165, 1.54) is 4.90 Å². The van der Waals surface area contributed by atoms with Gasteiger partial charge in [-0.3, -0.25) is 4.79 Å². The van der Waals surface area contributed by atoms with E-state index in [1.54, 1.807) is 30.3 Å². The molecule has 0 spiro atoms. The standard InChI is InChI=1S/C20H22N2O3/c1-22(2)13-14-25-20(24)18(15-16-9-5-3-6-10-16)21-19(23)17-11-7-4-8-12-17/h3-12,15H,13-14H2,1-2H3,(H,21,23)/p+1/b18-15+. The van der Waals surface area contributed by atoms with Gasteiger partial charge in [0.15, 0.2) is 0 Å². The number of carbonyl (C=O) groups excluding carboxylic acids is 2. The summed E-state index contributed by atoms with van der Waals surface area (Å²) in [6, 6.07) is 18.1. The van der Waals surface area contributed by atoms with Gasteiger partial charge in [0.25, 0.3) is 5.91 Å². The highest BCUT2D eigenvalue weighted by Crippen LogP contribution is 2.08. The number of esters is 1. The number of benzene rings is 2. The van der Waals surface area contributed by atoms with E-state index in [4.69, 9.17) is 4.74 Å². The minimum absolute atomic E-state index is 0.119. The molecule has 2 aromatic carbocycles. The van der Waals surface area contributed by atoms with Crippen molar-refractivity contribution >= 4 is 18.0 Å². The molecule has 25 heavy (non-hydrogen) atoms. The average Bonchev–Trinajstić information content (AvgIpc) is 2.62. The summed E-state index contributed by atoms with van der Waals surface area (Å²) in [5.74, 6) is -0.896. The van der Waals surface area contributed by atoms with E-state index in [0.717, 1.165) is 5.56 Å². The van der Waals surface area contributed by atoms with Crippen molar-refractivity contribution in [2.45, 2.75) is 0 Å². The molecule has 0 saturated carbocycles. The van der Waals surface area contributed by atoms with Crippen molar-refractivity contribution in [3.05, 3.63) is 77.5 Å². The molecule has 0 fully saturated rings. The Hall–Kier alpha value is -2.92. The van der Waals surface area contributed by atoms with Gasteiger partial charge < -0.3 is 15.0 Å². The summed E-state index contributed by atoms with van der Waals surface area (Å²) < 4.78 is 5.28. The fourth-order valence-electron chi connectivity index (χ4n) is 2.07. The Balaban J connectivity index is 2.16. The highest BCUT2D eigenvalue weighted by atomic mass is 16.5. The summed E-state index contributed by atoms with van der Waals surface area (Å²) in [5.41, 5.74) is 1.40. The second-order valence-electron chi connectivity index (χ2n) is 5.88. The number of amides is 1. The molecule has 0 aliphatic rings. The van der Waals surface area contributed by atoms with Crippen molar-refractivity contribution < 1.29 is 19.2 Å². The molecule has 0 heterocycles. The zero-order valence-corrected chi connectivity index (χ0v) is 14.5. The van der Waals surface area contributed by atoms with Crippen molar-refractivity contribution in [3.63, 3.8) is 0 Å². The minimum atomic E-state index is -0.547. The van der Waals surface area contributed by atoms with Crippen LogP contribution in [0.2, 0.25) is 0 Å². The van der Waals surface area contributed by atoms with Crippen LogP contribution in [0.1, 0.15) is 15.9 Å². The molecular formula is C20H23N2O3+. The van der Waals surface area contributed by atoms with Crippen LogP contribution in [0.25, 0.3) is 6.08 Å². The first-order chi connectivity index (χ1) is 12.1. The van der Waals surface area contributed by atoms with Crippen LogP contribution in [-0.4, -0.2) is 39.1 Å². The molecule has 0 bridgehead atoms. The van der Waals surface area contributed by atoms with Crippen molar-refractivity contribution in [3.8, 4) is 0 Å². The predicted molar refractivity (Wildman–Crippen MR) is 97.0 cm³/mol. The molecule has 0 aliphatic carbocycles. The number of ether oxygens (including phenoxy) is 1. The van der Waals surface area contributed by atoms with Gasteiger partial charge in [0, 0.05) is 5.56 Å². The van der Waals surface area contributed by atoms with Gasteiger partial charge in [0.05, 0.1) is 14.1 Å². The molecule has 2 N–H and O–H groups in total. The Labute approximate surface area is 147 Å². The van der Waals surface area contributed by atoms with Crippen molar-refractivity contribution in [1.29, 1.82) is 0 Å². The van der Waals surface area contributed by atoms with Gasteiger partial charge in [0.2, 0.25) is 0 Å². The van der Waals surface area contributed by atoms with Crippen LogP contribution in [0.15, 0.2) is 66.4 Å². The summed E-state index contributed by atoms with van der Waals surface area (Å²) in [4.78, 5) is 25.9. The normalized spacial score (nSPS) is 11.2. The Kier molecular flexibility index (Phi) is 6.92. The van der Waals surface area contributed by atoms with Gasteiger partial charge in [0.1, 0.15) is 18.8 Å². The Morgan fingerprint density at radius 2 is 1.60 bits per heavy atom. The Morgan fingerprint density at radius 1 is 1.00 bits per heavy atom. The smallest absolute Gasteiger partial charge is 0.355 e. The second kappa shape index (κ2) is 9.39. The van der Waals surface area contributed by atoms with Crippen LogP contribution in [0, 0.1) is 0 Å². The molecule has 0 atom stereocenters. The number of nitrogens with one attached hydrogen (secondary N) is 2. The van der Waals surface area contributed by atoms with E-state index in [1.807, 2.05) is 50.5 Å². The lowest BCUT2D eigenvalue weighted by Gasteiger charge is -2.12. The van der Waals surface area contributed by atoms with E-state index in [2.05, 4.69) is 5.32 Å². The van der Waals surface area contributed by atoms with E-state index in [0.29, 0.717) is 12.1 Å². The summed E-state index contributed by atoms with van der Waals surface area (Å²) in [6.45, 7) is 0.978. The van der Waals surface area contributed by atoms with E-state index >= 15 is 0 Å². The van der Waals surface area contributed by atoms with Gasteiger partial charge in [-0.05, 0) is 23.8 Å². The zero-order valence-electron chi connectivity index (χ0n) is 14.5. The van der Waals surface area contributed by atoms with E-state index in [-0.39, 0.29) is 18.2 Å². The largest absolute Gasteiger partial charge is 0.455 e. The van der Waals surface area contributed by atoms with Crippen molar-refractivity contribution in [2.24, 2.45) is 0 Å². The lowest BCUT2D eigenvalue weighted by molar-refractivity contribution is -0.858. The molecule has 2 aromatic rings. The molecule has 0 aliphatic heterocycles. The molecule has 2 rings (SSSR count). The van der Waals surface area contributed by atoms with Crippen LogP contribution >= 0.6 is 0 Å². The monoisotopic (exact) mass is 339 g/mol. The third-order valence-electron chi connectivity index (χ3n) is 3.45. The SMILES string of the molecule is C[NH+](C)CCOC(=O)/C(=C\c1ccccc1)NC(=O)c1ccccc1. The zero-order chi connectivity index (χ0) is 18.1. The summed E-state index contributed by atoms with van der Waals surface area (Å²) in [5, 5.41) is 2.66. The summed E-state index contributed by atoms with van der Waals surface area (Å²) in [6.07, 6.45) is 1.62. The molecule has 1 amide bonds. The molecule has 130 valence electrons. The topological polar surface area (TPSA) is 59.8 Å². The van der Waals surface area contributed by atoms with Gasteiger partial charge in [-0.15, -0.1) is 0 Å². The second-order valence-corrected chi connectivity index (χ2v) is 5.88. The van der Waals surface area contributed by atoms with Crippen molar-refractivity contribution in [1.82, 2.24) is 5.32 Å². The summed E-state index contributed by atoms with van der Waals surface area (Å²) >= 11 is 0. The molecule has 5 nitrogen and oxygen atoms in total. The molecule has 5 heteroatoms. The third kappa shape index (κ3) is 6.24. The fourth-order valence-corrected chi connectivity index (χ4v) is 2.07. The molecule has 0 unspecified atom stereocenters.